The number of benzene rings is 6. The Balaban J connectivity index is 0.000000223. The van der Waals surface area contributed by atoms with Crippen molar-refractivity contribution in [2.75, 3.05) is 0 Å². The third kappa shape index (κ3) is 16.0. The Labute approximate surface area is 438 Å². The molecule has 0 unspecified atom stereocenters. The standard InChI is InChI=1S/2C12H8N2.4C7H6O3.2Cd/c2*1-3-9-5-6-10-4-2-8-14-12(10)11(9)13-7-1;4*8-6-4-2-1-3-5(6)7(9)10;;/h2*1-8H;4*1-4,8H,(H,9,10);;/q;;;;;;2*+2/p-4. The van der Waals surface area contributed by atoms with Crippen molar-refractivity contribution < 1.29 is 115 Å². The Hall–Kier alpha value is -8.12. The Morgan fingerprint density at radius 2 is 0.471 bits per heavy atom. The Morgan fingerprint density at radius 1 is 0.286 bits per heavy atom. The number of carboxylic acids is 4. The summed E-state index contributed by atoms with van der Waals surface area (Å²) in [5.74, 6) is -6.50. The molecule has 4 heterocycles. The molecule has 0 radical (unpaired) electrons. The van der Waals surface area contributed by atoms with Gasteiger partial charge < -0.3 is 60.0 Å². The van der Waals surface area contributed by atoms with Crippen molar-refractivity contribution in [1.82, 2.24) is 19.9 Å². The molecule has 0 bridgehead atoms. The number of pyridine rings is 4. The van der Waals surface area contributed by atoms with Crippen molar-refractivity contribution in [1.29, 1.82) is 0 Å². The van der Waals surface area contributed by atoms with Gasteiger partial charge in [-0.2, -0.15) is 0 Å². The molecule has 70 heavy (non-hydrogen) atoms. The molecule has 0 saturated carbocycles. The molecule has 4 aromatic heterocycles. The molecule has 0 aliphatic rings. The number of fused-ring (bicyclic) bond motifs is 6. The molecule has 0 amide bonds. The molecular weight excluding hydrogens is 1100 g/mol. The molecule has 340 valence electrons. The summed E-state index contributed by atoms with van der Waals surface area (Å²) < 4.78 is 0. The van der Waals surface area contributed by atoms with Crippen molar-refractivity contribution in [3.05, 3.63) is 217 Å². The molecule has 10 aromatic rings. The van der Waals surface area contributed by atoms with Gasteiger partial charge in [0, 0.05) is 68.6 Å². The van der Waals surface area contributed by atoms with Gasteiger partial charge in [0.2, 0.25) is 0 Å². The van der Waals surface area contributed by atoms with Crippen LogP contribution in [0.3, 0.4) is 0 Å². The second kappa shape index (κ2) is 28.3. The maximum absolute atomic E-state index is 10.2. The first-order valence-corrected chi connectivity index (χ1v) is 19.9. The molecular formula is C52H36Cd2N4O12. The van der Waals surface area contributed by atoms with Gasteiger partial charge >= 0.3 is 54.6 Å². The Kier molecular flexibility index (Phi) is 22.7. The fourth-order valence-corrected chi connectivity index (χ4v) is 5.94. The monoisotopic (exact) mass is 1140 g/mol. The molecule has 10 rings (SSSR count). The molecule has 4 N–H and O–H groups in total. The number of aromatic carboxylic acids is 4. The average Bonchev–Trinajstić information content (AvgIpc) is 3.35. The van der Waals surface area contributed by atoms with E-state index < -0.39 is 23.9 Å². The largest absolute Gasteiger partial charge is 2.00 e. The van der Waals surface area contributed by atoms with Crippen LogP contribution in [-0.4, -0.2) is 64.2 Å². The van der Waals surface area contributed by atoms with Gasteiger partial charge in [0.1, 0.15) is 23.0 Å². The second-order valence-electron chi connectivity index (χ2n) is 13.7. The zero-order valence-corrected chi connectivity index (χ0v) is 44.8. The summed E-state index contributed by atoms with van der Waals surface area (Å²) in [6, 6.07) is 46.8. The van der Waals surface area contributed by atoms with E-state index in [4.69, 9.17) is 20.4 Å². The van der Waals surface area contributed by atoms with Gasteiger partial charge in [0.05, 0.1) is 45.9 Å². The van der Waals surface area contributed by atoms with Crippen LogP contribution in [0.15, 0.2) is 195 Å². The van der Waals surface area contributed by atoms with E-state index >= 15 is 0 Å². The predicted octanol–water partition coefficient (Wildman–Crippen LogP) is 4.58. The summed E-state index contributed by atoms with van der Waals surface area (Å²) in [6.07, 6.45) is 7.21. The van der Waals surface area contributed by atoms with Crippen LogP contribution in [0.25, 0.3) is 43.6 Å². The van der Waals surface area contributed by atoms with Crippen molar-refractivity contribution in [3.63, 3.8) is 0 Å². The zero-order chi connectivity index (χ0) is 49.0. The van der Waals surface area contributed by atoms with Crippen LogP contribution in [0.4, 0.5) is 0 Å². The summed E-state index contributed by atoms with van der Waals surface area (Å²) >= 11 is 0. The molecule has 0 aliphatic carbocycles. The van der Waals surface area contributed by atoms with E-state index in [2.05, 4.69) is 68.5 Å². The number of aromatic hydroxyl groups is 4. The van der Waals surface area contributed by atoms with Gasteiger partial charge in [-0.1, -0.05) is 97.1 Å². The number of carboxylic acid groups (broad SMARTS) is 4. The summed E-state index contributed by atoms with van der Waals surface area (Å²) in [5.41, 5.74) is 3.20. The van der Waals surface area contributed by atoms with Crippen LogP contribution in [-0.2, 0) is 54.6 Å². The third-order valence-corrected chi connectivity index (χ3v) is 9.19. The van der Waals surface area contributed by atoms with Crippen LogP contribution in [0.5, 0.6) is 23.0 Å². The van der Waals surface area contributed by atoms with Gasteiger partial charge in [-0.3, -0.25) is 19.9 Å². The van der Waals surface area contributed by atoms with Crippen LogP contribution in [0.1, 0.15) is 41.4 Å². The summed E-state index contributed by atoms with van der Waals surface area (Å²) in [7, 11) is 0. The number of phenols is 4. The summed E-state index contributed by atoms with van der Waals surface area (Å²) in [5, 5.41) is 80.6. The second-order valence-corrected chi connectivity index (χ2v) is 13.7. The van der Waals surface area contributed by atoms with Gasteiger partial charge in [-0.05, 0) is 72.8 Å². The smallest absolute Gasteiger partial charge is 0.545 e. The Bertz CT molecular complexity index is 2920. The molecule has 0 atom stereocenters. The van der Waals surface area contributed by atoms with E-state index in [1.54, 1.807) is 49.1 Å². The minimum Gasteiger partial charge on any atom is -0.545 e. The van der Waals surface area contributed by atoms with E-state index in [-0.39, 0.29) is 99.8 Å². The van der Waals surface area contributed by atoms with E-state index in [0.717, 1.165) is 43.6 Å². The molecule has 0 saturated heterocycles. The average molecular weight is 1130 g/mol. The molecule has 6 aromatic carbocycles. The first-order chi connectivity index (χ1) is 32.8. The van der Waals surface area contributed by atoms with Crippen molar-refractivity contribution >= 4 is 67.5 Å². The number of carbonyl (C=O) groups excluding carboxylic acids is 4. The minimum absolute atomic E-state index is 0. The van der Waals surface area contributed by atoms with Crippen LogP contribution >= 0.6 is 0 Å². The van der Waals surface area contributed by atoms with Gasteiger partial charge in [-0.15, -0.1) is 0 Å². The van der Waals surface area contributed by atoms with Gasteiger partial charge in [0.25, 0.3) is 0 Å². The van der Waals surface area contributed by atoms with Crippen LogP contribution in [0.2, 0.25) is 0 Å². The number of hydrogen-bond donors (Lipinski definition) is 4. The quantitative estimate of drug-likeness (QED) is 0.138. The molecule has 0 fully saturated rings. The topological polar surface area (TPSA) is 293 Å². The first kappa shape index (κ1) is 56.2. The zero-order valence-electron chi connectivity index (χ0n) is 36.7. The van der Waals surface area contributed by atoms with Gasteiger partial charge in [-0.25, -0.2) is 0 Å². The Morgan fingerprint density at radius 3 is 0.629 bits per heavy atom. The summed E-state index contributed by atoms with van der Waals surface area (Å²) in [4.78, 5) is 58.0. The maximum Gasteiger partial charge on any atom is 2.00 e. The normalized spacial score (nSPS) is 9.60. The third-order valence-electron chi connectivity index (χ3n) is 9.19. The number of rotatable bonds is 4. The van der Waals surface area contributed by atoms with Crippen molar-refractivity contribution in [2.24, 2.45) is 0 Å². The molecule has 0 aliphatic heterocycles. The van der Waals surface area contributed by atoms with Crippen LogP contribution in [0, 0.1) is 0 Å². The maximum atomic E-state index is 10.2. The number of carbonyl (C=O) groups is 4. The van der Waals surface area contributed by atoms with Crippen LogP contribution < -0.4 is 20.4 Å². The number of nitrogens with zero attached hydrogens (tertiary/aromatic N) is 4. The van der Waals surface area contributed by atoms with Crippen molar-refractivity contribution in [3.8, 4) is 23.0 Å². The number of para-hydroxylation sites is 4. The molecule has 16 nitrogen and oxygen atoms in total. The predicted molar refractivity (Wildman–Crippen MR) is 244 cm³/mol. The fourth-order valence-electron chi connectivity index (χ4n) is 5.94. The molecule has 18 heteroatoms. The number of aromatic nitrogens is 4. The summed E-state index contributed by atoms with van der Waals surface area (Å²) in [6.45, 7) is 0. The van der Waals surface area contributed by atoms with E-state index in [0.29, 0.717) is 0 Å². The SMILES string of the molecule is O=C([O-])c1ccccc1O.O=C([O-])c1ccccc1O.O=C([O-])c1ccccc1O.O=C([O-])c1ccccc1O.[Cd+2].[Cd+2].c1cnc2c(c1)ccc1cccnc12.c1cnc2c(c1)ccc1cccnc12. The van der Waals surface area contributed by atoms with Crippen molar-refractivity contribution in [2.45, 2.75) is 0 Å². The molecule has 0 spiro atoms. The van der Waals surface area contributed by atoms with E-state index in [1.165, 1.54) is 72.8 Å². The first-order valence-electron chi connectivity index (χ1n) is 19.9. The van der Waals surface area contributed by atoms with Gasteiger partial charge in [0.15, 0.2) is 0 Å². The van der Waals surface area contributed by atoms with E-state index in [1.807, 2.05) is 24.3 Å². The fraction of sp³-hybridized carbons (Fsp3) is 0. The minimum atomic E-state index is -1.36. The van der Waals surface area contributed by atoms with E-state index in [9.17, 15) is 39.6 Å². The number of hydrogen-bond acceptors (Lipinski definition) is 16.